The first-order chi connectivity index (χ1) is 13.0. The molecule has 1 aromatic carbocycles. The molecule has 2 aromatic rings. The van der Waals surface area contributed by atoms with Gasteiger partial charge in [0.25, 0.3) is 0 Å². The summed E-state index contributed by atoms with van der Waals surface area (Å²) in [5.74, 6) is 1.86. The molecule has 1 heterocycles. The van der Waals surface area contributed by atoms with Crippen molar-refractivity contribution < 1.29 is 8.81 Å². The number of hydrogen-bond donors (Lipinski definition) is 2. The van der Waals surface area contributed by atoms with Gasteiger partial charge in [0.15, 0.2) is 5.96 Å². The van der Waals surface area contributed by atoms with E-state index in [4.69, 9.17) is 4.42 Å². The van der Waals surface area contributed by atoms with E-state index in [1.54, 1.807) is 6.07 Å². The van der Waals surface area contributed by atoms with Gasteiger partial charge in [0.1, 0.15) is 11.6 Å². The van der Waals surface area contributed by atoms with E-state index in [2.05, 4.69) is 20.6 Å². The summed E-state index contributed by atoms with van der Waals surface area (Å²) < 4.78 is 20.0. The van der Waals surface area contributed by atoms with E-state index in [0.717, 1.165) is 36.7 Å². The zero-order valence-corrected chi connectivity index (χ0v) is 16.9. The summed E-state index contributed by atoms with van der Waals surface area (Å²) in [5.41, 5.74) is 2.34. The minimum absolute atomic E-state index is 0.213. The van der Waals surface area contributed by atoms with Crippen LogP contribution >= 0.6 is 0 Å². The molecule has 0 amide bonds. The number of guanidine groups is 1. The molecule has 0 saturated carbocycles. The second kappa shape index (κ2) is 9.94. The van der Waals surface area contributed by atoms with E-state index < -0.39 is 0 Å². The van der Waals surface area contributed by atoms with Crippen LogP contribution in [0.4, 0.5) is 10.1 Å². The van der Waals surface area contributed by atoms with Gasteiger partial charge in [-0.25, -0.2) is 14.4 Å². The first-order valence-electron chi connectivity index (χ1n) is 9.46. The van der Waals surface area contributed by atoms with Gasteiger partial charge in [-0.3, -0.25) is 0 Å². The Hall–Kier alpha value is -2.57. The SMILES string of the molecule is CCNC(=NCc1ccc(N(CC)CC)c(F)c1)NCc1nc(C)c(C)o1. The Labute approximate surface area is 160 Å². The Balaban J connectivity index is 2.04. The minimum Gasteiger partial charge on any atom is -0.444 e. The van der Waals surface area contributed by atoms with Crippen LogP contribution in [0.25, 0.3) is 0 Å². The van der Waals surface area contributed by atoms with Gasteiger partial charge in [0.2, 0.25) is 5.89 Å². The molecule has 0 aliphatic rings. The summed E-state index contributed by atoms with van der Waals surface area (Å²) in [6.07, 6.45) is 0. The van der Waals surface area contributed by atoms with Gasteiger partial charge in [-0.15, -0.1) is 0 Å². The number of rotatable bonds is 8. The zero-order valence-electron chi connectivity index (χ0n) is 16.9. The number of benzene rings is 1. The maximum Gasteiger partial charge on any atom is 0.214 e. The van der Waals surface area contributed by atoms with E-state index in [1.165, 1.54) is 0 Å². The molecule has 0 saturated heterocycles. The molecule has 6 nitrogen and oxygen atoms in total. The van der Waals surface area contributed by atoms with E-state index in [1.807, 2.05) is 51.7 Å². The topological polar surface area (TPSA) is 65.7 Å². The van der Waals surface area contributed by atoms with Gasteiger partial charge in [-0.1, -0.05) is 6.07 Å². The fourth-order valence-corrected chi connectivity index (χ4v) is 2.76. The molecule has 1 aromatic heterocycles. The third-order valence-electron chi connectivity index (χ3n) is 4.36. The third kappa shape index (κ3) is 5.70. The van der Waals surface area contributed by atoms with Crippen LogP contribution in [0.1, 0.15) is 43.7 Å². The first kappa shape index (κ1) is 20.7. The lowest BCUT2D eigenvalue weighted by molar-refractivity contribution is 0.463. The molecule has 2 rings (SSSR count). The second-order valence-electron chi connectivity index (χ2n) is 6.26. The fourth-order valence-electron chi connectivity index (χ4n) is 2.76. The molecule has 0 fully saturated rings. The maximum absolute atomic E-state index is 14.4. The number of hydrogen-bond acceptors (Lipinski definition) is 4. The molecular formula is C20H30FN5O. The van der Waals surface area contributed by atoms with Gasteiger partial charge in [-0.2, -0.15) is 0 Å². The average molecular weight is 375 g/mol. The lowest BCUT2D eigenvalue weighted by Gasteiger charge is -2.21. The quantitative estimate of drug-likeness (QED) is 0.546. The largest absolute Gasteiger partial charge is 0.444 e. The second-order valence-corrected chi connectivity index (χ2v) is 6.26. The number of nitrogens with zero attached hydrogens (tertiary/aromatic N) is 3. The van der Waals surface area contributed by atoms with Gasteiger partial charge in [-0.05, 0) is 52.3 Å². The summed E-state index contributed by atoms with van der Waals surface area (Å²) in [7, 11) is 0. The van der Waals surface area contributed by atoms with Crippen molar-refractivity contribution in [2.75, 3.05) is 24.5 Å². The standard InChI is InChI=1S/C20H30FN5O/c1-6-22-20(24-13-19-25-14(4)15(5)27-19)23-12-16-9-10-18(17(21)11-16)26(7-2)8-3/h9-11H,6-8,12-13H2,1-5H3,(H2,22,23,24). The molecule has 0 aliphatic heterocycles. The molecule has 0 radical (unpaired) electrons. The van der Waals surface area contributed by atoms with Crippen LogP contribution in [-0.4, -0.2) is 30.6 Å². The molecule has 0 spiro atoms. The maximum atomic E-state index is 14.4. The Morgan fingerprint density at radius 3 is 2.48 bits per heavy atom. The van der Waals surface area contributed by atoms with Gasteiger partial charge >= 0.3 is 0 Å². The van der Waals surface area contributed by atoms with Crippen molar-refractivity contribution in [1.82, 2.24) is 15.6 Å². The summed E-state index contributed by atoms with van der Waals surface area (Å²) in [4.78, 5) is 10.9. The fraction of sp³-hybridized carbons (Fsp3) is 0.500. The zero-order chi connectivity index (χ0) is 19.8. The molecule has 148 valence electrons. The molecule has 0 aliphatic carbocycles. The van der Waals surface area contributed by atoms with Crippen LogP contribution < -0.4 is 15.5 Å². The lowest BCUT2D eigenvalue weighted by atomic mass is 10.2. The summed E-state index contributed by atoms with van der Waals surface area (Å²) in [5, 5.41) is 6.37. The van der Waals surface area contributed by atoms with Crippen LogP contribution in [0.2, 0.25) is 0 Å². The Kier molecular flexibility index (Phi) is 7.64. The van der Waals surface area contributed by atoms with Crippen molar-refractivity contribution in [1.29, 1.82) is 0 Å². The predicted molar refractivity (Wildman–Crippen MR) is 108 cm³/mol. The molecular weight excluding hydrogens is 345 g/mol. The van der Waals surface area contributed by atoms with Gasteiger partial charge < -0.3 is 20.0 Å². The number of halogens is 1. The smallest absolute Gasteiger partial charge is 0.214 e. The Morgan fingerprint density at radius 1 is 1.19 bits per heavy atom. The van der Waals surface area contributed by atoms with Crippen LogP contribution in [-0.2, 0) is 13.1 Å². The first-order valence-corrected chi connectivity index (χ1v) is 9.46. The monoisotopic (exact) mass is 375 g/mol. The highest BCUT2D eigenvalue weighted by molar-refractivity contribution is 5.79. The molecule has 0 unspecified atom stereocenters. The van der Waals surface area contributed by atoms with Crippen LogP contribution in [0.5, 0.6) is 0 Å². The van der Waals surface area contributed by atoms with Crippen molar-refractivity contribution in [3.8, 4) is 0 Å². The number of aromatic nitrogens is 1. The summed E-state index contributed by atoms with van der Waals surface area (Å²) >= 11 is 0. The predicted octanol–water partition coefficient (Wildman–Crippen LogP) is 3.53. The van der Waals surface area contributed by atoms with Crippen LogP contribution in [0.15, 0.2) is 27.6 Å². The highest BCUT2D eigenvalue weighted by Gasteiger charge is 2.10. The molecule has 7 heteroatoms. The van der Waals surface area contributed by atoms with Crippen LogP contribution in [0.3, 0.4) is 0 Å². The van der Waals surface area contributed by atoms with Crippen molar-refractivity contribution >= 4 is 11.6 Å². The van der Waals surface area contributed by atoms with E-state index in [-0.39, 0.29) is 5.82 Å². The molecule has 27 heavy (non-hydrogen) atoms. The van der Waals surface area contributed by atoms with Gasteiger partial charge in [0.05, 0.1) is 24.5 Å². The average Bonchev–Trinajstić information content (AvgIpc) is 2.97. The van der Waals surface area contributed by atoms with Crippen molar-refractivity contribution in [3.05, 3.63) is 46.9 Å². The highest BCUT2D eigenvalue weighted by Crippen LogP contribution is 2.20. The highest BCUT2D eigenvalue weighted by atomic mass is 19.1. The lowest BCUT2D eigenvalue weighted by Crippen LogP contribution is -2.36. The normalized spacial score (nSPS) is 11.6. The van der Waals surface area contributed by atoms with Crippen molar-refractivity contribution in [2.24, 2.45) is 4.99 Å². The van der Waals surface area contributed by atoms with Crippen molar-refractivity contribution in [3.63, 3.8) is 0 Å². The molecule has 0 bridgehead atoms. The van der Waals surface area contributed by atoms with E-state index >= 15 is 0 Å². The number of aryl methyl sites for hydroxylation is 2. The third-order valence-corrected chi connectivity index (χ3v) is 4.36. The summed E-state index contributed by atoms with van der Waals surface area (Å²) in [6, 6.07) is 5.30. The van der Waals surface area contributed by atoms with Crippen LogP contribution in [0, 0.1) is 19.7 Å². The molecule has 0 atom stereocenters. The number of aliphatic imine (C=N–C) groups is 1. The number of nitrogens with one attached hydrogen (secondary N) is 2. The minimum atomic E-state index is -0.213. The Morgan fingerprint density at radius 2 is 1.93 bits per heavy atom. The van der Waals surface area contributed by atoms with E-state index in [9.17, 15) is 4.39 Å². The van der Waals surface area contributed by atoms with Crippen molar-refractivity contribution in [2.45, 2.75) is 47.7 Å². The number of oxazole rings is 1. The molecule has 2 N–H and O–H groups in total. The Bertz CT molecular complexity index is 748. The van der Waals surface area contributed by atoms with E-state index in [0.29, 0.717) is 30.6 Å². The van der Waals surface area contributed by atoms with Gasteiger partial charge in [0, 0.05) is 19.6 Å². The number of anilines is 1. The summed E-state index contributed by atoms with van der Waals surface area (Å²) in [6.45, 7) is 12.9.